The molecule has 4 rings (SSSR count). The number of nitrogens with one attached hydrogen (secondary N) is 1. The zero-order valence-corrected chi connectivity index (χ0v) is 14.6. The van der Waals surface area contributed by atoms with E-state index in [2.05, 4.69) is 28.3 Å². The highest BCUT2D eigenvalue weighted by molar-refractivity contribution is 5.80. The van der Waals surface area contributed by atoms with Crippen LogP contribution in [0.2, 0.25) is 0 Å². The number of aromatic nitrogens is 3. The predicted octanol–water partition coefficient (Wildman–Crippen LogP) is 3.41. The van der Waals surface area contributed by atoms with Gasteiger partial charge in [0.25, 0.3) is 5.56 Å². The van der Waals surface area contributed by atoms with Gasteiger partial charge in [0.2, 0.25) is 0 Å². The minimum absolute atomic E-state index is 0.102. The van der Waals surface area contributed by atoms with E-state index in [1.54, 1.807) is 12.3 Å². The quantitative estimate of drug-likeness (QED) is 0.604. The zero-order valence-electron chi connectivity index (χ0n) is 14.6. The molecule has 0 saturated heterocycles. The second kappa shape index (κ2) is 6.88. The van der Waals surface area contributed by atoms with Gasteiger partial charge in [-0.15, -0.1) is 0 Å². The number of hydrogen-bond donors (Lipinski definition) is 1. The summed E-state index contributed by atoms with van der Waals surface area (Å²) < 4.78 is 1.48. The van der Waals surface area contributed by atoms with Crippen molar-refractivity contribution in [2.24, 2.45) is 0 Å². The lowest BCUT2D eigenvalue weighted by Crippen LogP contribution is -2.26. The lowest BCUT2D eigenvalue weighted by molar-refractivity contribution is 0.637. The third-order valence-electron chi connectivity index (χ3n) is 4.46. The molecule has 0 radical (unpaired) electrons. The van der Waals surface area contributed by atoms with Crippen LogP contribution in [0.3, 0.4) is 0 Å². The Morgan fingerprint density at radius 3 is 2.58 bits per heavy atom. The Morgan fingerprint density at radius 2 is 1.81 bits per heavy atom. The highest BCUT2D eigenvalue weighted by atomic mass is 16.1. The zero-order chi connectivity index (χ0) is 17.9. The maximum absolute atomic E-state index is 12.4. The van der Waals surface area contributed by atoms with Crippen LogP contribution in [0.5, 0.6) is 0 Å². The number of para-hydroxylation sites is 1. The highest BCUT2D eigenvalue weighted by Gasteiger charge is 2.08. The maximum atomic E-state index is 12.4. The average molecular weight is 344 g/mol. The summed E-state index contributed by atoms with van der Waals surface area (Å²) in [7, 11) is 1.96. The van der Waals surface area contributed by atoms with Crippen molar-refractivity contribution in [3.63, 3.8) is 0 Å². The van der Waals surface area contributed by atoms with Crippen molar-refractivity contribution >= 4 is 16.6 Å². The van der Waals surface area contributed by atoms with E-state index < -0.39 is 0 Å². The second-order valence-electron chi connectivity index (χ2n) is 6.43. The van der Waals surface area contributed by atoms with E-state index in [1.165, 1.54) is 10.1 Å². The Bertz CT molecular complexity index is 1050. The summed E-state index contributed by atoms with van der Waals surface area (Å²) in [4.78, 5) is 17.8. The van der Waals surface area contributed by atoms with Crippen molar-refractivity contribution in [2.45, 2.75) is 13.1 Å². The molecule has 0 aliphatic carbocycles. The summed E-state index contributed by atoms with van der Waals surface area (Å²) in [5.41, 5.74) is 3.98. The molecular formula is C21H20N4O. The molecular weight excluding hydrogens is 324 g/mol. The minimum Gasteiger partial charge on any atom is -0.367 e. The topological polar surface area (TPSA) is 53.9 Å². The molecule has 0 spiro atoms. The van der Waals surface area contributed by atoms with Crippen molar-refractivity contribution in [3.05, 3.63) is 94.5 Å². The largest absolute Gasteiger partial charge is 0.367 e. The molecule has 0 unspecified atom stereocenters. The van der Waals surface area contributed by atoms with Gasteiger partial charge in [0.1, 0.15) is 0 Å². The normalized spacial score (nSPS) is 11.0. The van der Waals surface area contributed by atoms with Gasteiger partial charge in [-0.3, -0.25) is 4.79 Å². The summed E-state index contributed by atoms with van der Waals surface area (Å²) in [6, 6.07) is 21.8. The SMILES string of the molecule is CN(Cc1cc2ccccc2[nH]1)c1cnn(Cc2ccccc2)c(=O)c1. The molecule has 4 aromatic rings. The Kier molecular flexibility index (Phi) is 4.27. The first-order chi connectivity index (χ1) is 12.7. The van der Waals surface area contributed by atoms with Crippen LogP contribution in [-0.2, 0) is 13.1 Å². The average Bonchev–Trinajstić information content (AvgIpc) is 3.06. The first-order valence-electron chi connectivity index (χ1n) is 8.58. The van der Waals surface area contributed by atoms with Gasteiger partial charge >= 0.3 is 0 Å². The first kappa shape index (κ1) is 16.1. The molecule has 26 heavy (non-hydrogen) atoms. The molecule has 0 aliphatic rings. The molecule has 5 nitrogen and oxygen atoms in total. The molecule has 2 heterocycles. The fourth-order valence-corrected chi connectivity index (χ4v) is 3.07. The van der Waals surface area contributed by atoms with E-state index >= 15 is 0 Å². The summed E-state index contributed by atoms with van der Waals surface area (Å²) in [5.74, 6) is 0. The number of aromatic amines is 1. The van der Waals surface area contributed by atoms with Gasteiger partial charge in [0.15, 0.2) is 0 Å². The molecule has 0 bridgehead atoms. The summed E-state index contributed by atoms with van der Waals surface area (Å²) in [6.07, 6.45) is 1.74. The molecule has 0 amide bonds. The van der Waals surface area contributed by atoms with Crippen LogP contribution >= 0.6 is 0 Å². The number of fused-ring (bicyclic) bond motifs is 1. The Hall–Kier alpha value is -3.34. The summed E-state index contributed by atoms with van der Waals surface area (Å²) in [6.45, 7) is 1.16. The Morgan fingerprint density at radius 1 is 1.04 bits per heavy atom. The van der Waals surface area contributed by atoms with Gasteiger partial charge in [-0.1, -0.05) is 48.5 Å². The second-order valence-corrected chi connectivity index (χ2v) is 6.43. The number of benzene rings is 2. The van der Waals surface area contributed by atoms with Crippen LogP contribution in [0.15, 0.2) is 77.7 Å². The van der Waals surface area contributed by atoms with Crippen molar-refractivity contribution < 1.29 is 0 Å². The van der Waals surface area contributed by atoms with E-state index in [-0.39, 0.29) is 5.56 Å². The van der Waals surface area contributed by atoms with Gasteiger partial charge in [-0.25, -0.2) is 4.68 Å². The molecule has 2 aromatic heterocycles. The molecule has 0 aliphatic heterocycles. The van der Waals surface area contributed by atoms with Crippen LogP contribution in [-0.4, -0.2) is 21.8 Å². The van der Waals surface area contributed by atoms with Crippen LogP contribution in [0, 0.1) is 0 Å². The monoisotopic (exact) mass is 344 g/mol. The molecule has 130 valence electrons. The van der Waals surface area contributed by atoms with Crippen LogP contribution in [0.1, 0.15) is 11.3 Å². The fraction of sp³-hybridized carbons (Fsp3) is 0.143. The lowest BCUT2D eigenvalue weighted by atomic mass is 10.2. The summed E-state index contributed by atoms with van der Waals surface area (Å²) >= 11 is 0. The molecule has 2 aromatic carbocycles. The van der Waals surface area contributed by atoms with Crippen molar-refractivity contribution in [1.82, 2.24) is 14.8 Å². The lowest BCUT2D eigenvalue weighted by Gasteiger charge is -2.18. The molecule has 5 heteroatoms. The Labute approximate surface area is 151 Å². The summed E-state index contributed by atoms with van der Waals surface area (Å²) in [5, 5.41) is 5.52. The van der Waals surface area contributed by atoms with Gasteiger partial charge in [-0.2, -0.15) is 5.10 Å². The number of rotatable bonds is 5. The predicted molar refractivity (Wildman–Crippen MR) is 104 cm³/mol. The van der Waals surface area contributed by atoms with E-state index in [0.717, 1.165) is 22.5 Å². The third-order valence-corrected chi connectivity index (χ3v) is 4.46. The number of H-pyrrole nitrogens is 1. The van der Waals surface area contributed by atoms with Crippen LogP contribution < -0.4 is 10.5 Å². The van der Waals surface area contributed by atoms with E-state index in [4.69, 9.17) is 0 Å². The van der Waals surface area contributed by atoms with Gasteiger partial charge in [0, 0.05) is 24.3 Å². The third kappa shape index (κ3) is 3.37. The first-order valence-corrected chi connectivity index (χ1v) is 8.58. The minimum atomic E-state index is -0.102. The van der Waals surface area contributed by atoms with E-state index in [0.29, 0.717) is 13.1 Å². The van der Waals surface area contributed by atoms with Gasteiger partial charge in [0.05, 0.1) is 25.0 Å². The van der Waals surface area contributed by atoms with E-state index in [1.807, 2.05) is 54.4 Å². The standard InChI is InChI=1S/C21H20N4O/c1-24(15-18-11-17-9-5-6-10-20(17)23-18)19-12-21(26)25(22-13-19)14-16-7-3-2-4-8-16/h2-13,23H,14-15H2,1H3. The number of anilines is 1. The van der Waals surface area contributed by atoms with E-state index in [9.17, 15) is 4.79 Å². The molecule has 0 saturated carbocycles. The molecule has 0 fully saturated rings. The Balaban J connectivity index is 1.52. The van der Waals surface area contributed by atoms with Crippen LogP contribution in [0.25, 0.3) is 10.9 Å². The number of nitrogens with zero attached hydrogens (tertiary/aromatic N) is 3. The van der Waals surface area contributed by atoms with Crippen molar-refractivity contribution in [2.75, 3.05) is 11.9 Å². The molecule has 1 N–H and O–H groups in total. The highest BCUT2D eigenvalue weighted by Crippen LogP contribution is 2.17. The van der Waals surface area contributed by atoms with Gasteiger partial charge in [-0.05, 0) is 23.1 Å². The smallest absolute Gasteiger partial charge is 0.269 e. The molecule has 0 atom stereocenters. The van der Waals surface area contributed by atoms with Gasteiger partial charge < -0.3 is 9.88 Å². The maximum Gasteiger partial charge on any atom is 0.269 e. The van der Waals surface area contributed by atoms with Crippen molar-refractivity contribution in [3.8, 4) is 0 Å². The fourth-order valence-electron chi connectivity index (χ4n) is 3.07. The van der Waals surface area contributed by atoms with Crippen LogP contribution in [0.4, 0.5) is 5.69 Å². The van der Waals surface area contributed by atoms with Crippen molar-refractivity contribution in [1.29, 1.82) is 0 Å². The number of hydrogen-bond acceptors (Lipinski definition) is 3.